The zero-order valence-corrected chi connectivity index (χ0v) is 11.4. The van der Waals surface area contributed by atoms with E-state index in [0.717, 1.165) is 11.3 Å². The van der Waals surface area contributed by atoms with E-state index < -0.39 is 0 Å². The quantitative estimate of drug-likeness (QED) is 0.797. The monoisotopic (exact) mass is 282 g/mol. The first-order valence-electron chi connectivity index (χ1n) is 6.52. The van der Waals surface area contributed by atoms with Gasteiger partial charge in [-0.15, -0.1) is 0 Å². The van der Waals surface area contributed by atoms with E-state index in [9.17, 15) is 4.79 Å². The van der Waals surface area contributed by atoms with Crippen molar-refractivity contribution in [3.63, 3.8) is 0 Å². The minimum absolute atomic E-state index is 0.0998. The van der Waals surface area contributed by atoms with Gasteiger partial charge < -0.3 is 9.73 Å². The Morgan fingerprint density at radius 3 is 2.71 bits per heavy atom. The maximum Gasteiger partial charge on any atom is 0.255 e. The lowest BCUT2D eigenvalue weighted by Crippen LogP contribution is -2.26. The molecule has 0 saturated heterocycles. The van der Waals surface area contributed by atoms with Crippen LogP contribution in [0.5, 0.6) is 0 Å². The number of benzene rings is 1. The minimum atomic E-state index is -0.156. The maximum absolute atomic E-state index is 11.9. The summed E-state index contributed by atoms with van der Waals surface area (Å²) < 4.78 is 6.58. The SMILES string of the molecule is CC(NC(=O)c1ccoc1)c1ccc(-n2cncn2)cc1. The third kappa shape index (κ3) is 2.84. The molecule has 1 unspecified atom stereocenters. The van der Waals surface area contributed by atoms with Gasteiger partial charge in [0.05, 0.1) is 23.6 Å². The Morgan fingerprint density at radius 2 is 2.10 bits per heavy atom. The van der Waals surface area contributed by atoms with Crippen LogP contribution in [0.3, 0.4) is 0 Å². The fourth-order valence-electron chi connectivity index (χ4n) is 2.01. The van der Waals surface area contributed by atoms with Crippen molar-refractivity contribution in [2.45, 2.75) is 13.0 Å². The lowest BCUT2D eigenvalue weighted by molar-refractivity contribution is 0.0939. The van der Waals surface area contributed by atoms with Gasteiger partial charge in [0.15, 0.2) is 0 Å². The minimum Gasteiger partial charge on any atom is -0.472 e. The van der Waals surface area contributed by atoms with Crippen molar-refractivity contribution in [1.82, 2.24) is 20.1 Å². The van der Waals surface area contributed by atoms with E-state index in [0.29, 0.717) is 5.56 Å². The highest BCUT2D eigenvalue weighted by atomic mass is 16.3. The first-order valence-corrected chi connectivity index (χ1v) is 6.52. The lowest BCUT2D eigenvalue weighted by atomic mass is 10.1. The van der Waals surface area contributed by atoms with Gasteiger partial charge in [-0.1, -0.05) is 12.1 Å². The maximum atomic E-state index is 11.9. The second-order valence-corrected chi connectivity index (χ2v) is 4.64. The third-order valence-corrected chi connectivity index (χ3v) is 3.21. The summed E-state index contributed by atoms with van der Waals surface area (Å²) in [5.74, 6) is -0.156. The summed E-state index contributed by atoms with van der Waals surface area (Å²) in [5, 5.41) is 6.99. The number of furan rings is 1. The Labute approximate surface area is 121 Å². The molecular weight excluding hydrogens is 268 g/mol. The van der Waals surface area contributed by atoms with Gasteiger partial charge in [0.2, 0.25) is 0 Å². The van der Waals surface area contributed by atoms with E-state index in [1.54, 1.807) is 17.1 Å². The summed E-state index contributed by atoms with van der Waals surface area (Å²) in [6, 6.07) is 9.32. The molecule has 0 saturated carbocycles. The van der Waals surface area contributed by atoms with Gasteiger partial charge in [-0.3, -0.25) is 4.79 Å². The van der Waals surface area contributed by atoms with Gasteiger partial charge in [0, 0.05) is 0 Å². The van der Waals surface area contributed by atoms with Gasteiger partial charge in [-0.2, -0.15) is 5.10 Å². The summed E-state index contributed by atoms with van der Waals surface area (Å²) in [6.45, 7) is 1.93. The number of carbonyl (C=O) groups is 1. The molecule has 21 heavy (non-hydrogen) atoms. The molecule has 0 fully saturated rings. The molecule has 6 heteroatoms. The van der Waals surface area contributed by atoms with Crippen molar-refractivity contribution in [2.75, 3.05) is 0 Å². The van der Waals surface area contributed by atoms with E-state index in [1.165, 1.54) is 18.9 Å². The molecule has 1 amide bonds. The third-order valence-electron chi connectivity index (χ3n) is 3.21. The van der Waals surface area contributed by atoms with Crippen molar-refractivity contribution >= 4 is 5.91 Å². The number of aromatic nitrogens is 3. The molecule has 0 radical (unpaired) electrons. The Kier molecular flexibility index (Phi) is 3.51. The average molecular weight is 282 g/mol. The van der Waals surface area contributed by atoms with Crippen molar-refractivity contribution in [3.05, 3.63) is 66.6 Å². The number of amides is 1. The number of hydrogen-bond donors (Lipinski definition) is 1. The highest BCUT2D eigenvalue weighted by Crippen LogP contribution is 2.16. The standard InChI is InChI=1S/C15H14N4O2/c1-11(18-15(20)13-6-7-21-8-13)12-2-4-14(5-3-12)19-10-16-9-17-19/h2-11H,1H3,(H,18,20). The Hall–Kier alpha value is -2.89. The molecule has 2 aromatic heterocycles. The van der Waals surface area contributed by atoms with Crippen LogP contribution in [0.2, 0.25) is 0 Å². The number of nitrogens with one attached hydrogen (secondary N) is 1. The molecule has 3 aromatic rings. The van der Waals surface area contributed by atoms with Gasteiger partial charge in [-0.05, 0) is 30.7 Å². The molecular formula is C15H14N4O2. The zero-order valence-electron chi connectivity index (χ0n) is 11.4. The highest BCUT2D eigenvalue weighted by Gasteiger charge is 2.12. The van der Waals surface area contributed by atoms with Gasteiger partial charge >= 0.3 is 0 Å². The van der Waals surface area contributed by atoms with Crippen LogP contribution >= 0.6 is 0 Å². The van der Waals surface area contributed by atoms with E-state index >= 15 is 0 Å². The number of carbonyl (C=O) groups excluding carboxylic acids is 1. The Bertz CT molecular complexity index is 703. The lowest BCUT2D eigenvalue weighted by Gasteiger charge is -2.14. The van der Waals surface area contributed by atoms with E-state index in [-0.39, 0.29) is 11.9 Å². The predicted octanol–water partition coefficient (Wildman–Crippen LogP) is 2.35. The van der Waals surface area contributed by atoms with Crippen molar-refractivity contribution in [2.24, 2.45) is 0 Å². The summed E-state index contributed by atoms with van der Waals surface area (Å²) in [5.41, 5.74) is 2.45. The highest BCUT2D eigenvalue weighted by molar-refractivity contribution is 5.94. The first-order chi connectivity index (χ1) is 10.2. The van der Waals surface area contributed by atoms with E-state index in [2.05, 4.69) is 15.4 Å². The van der Waals surface area contributed by atoms with Crippen LogP contribution in [-0.2, 0) is 0 Å². The average Bonchev–Trinajstić information content (AvgIpc) is 3.20. The van der Waals surface area contributed by atoms with Gasteiger partial charge in [0.1, 0.15) is 18.9 Å². The van der Waals surface area contributed by atoms with Crippen LogP contribution in [0.15, 0.2) is 59.9 Å². The van der Waals surface area contributed by atoms with Crippen molar-refractivity contribution < 1.29 is 9.21 Å². The van der Waals surface area contributed by atoms with Crippen molar-refractivity contribution in [1.29, 1.82) is 0 Å². The molecule has 0 spiro atoms. The van der Waals surface area contributed by atoms with Crippen LogP contribution in [-0.4, -0.2) is 20.7 Å². The second-order valence-electron chi connectivity index (χ2n) is 4.64. The van der Waals surface area contributed by atoms with Gasteiger partial charge in [-0.25, -0.2) is 9.67 Å². The first kappa shape index (κ1) is 13.1. The number of rotatable bonds is 4. The number of hydrogen-bond acceptors (Lipinski definition) is 4. The summed E-state index contributed by atoms with van der Waals surface area (Å²) >= 11 is 0. The Balaban J connectivity index is 1.70. The molecule has 1 atom stereocenters. The van der Waals surface area contributed by atoms with E-state index in [1.807, 2.05) is 31.2 Å². The molecule has 0 aliphatic carbocycles. The normalized spacial score (nSPS) is 12.0. The fourth-order valence-corrected chi connectivity index (χ4v) is 2.01. The molecule has 0 aliphatic heterocycles. The van der Waals surface area contributed by atoms with Crippen LogP contribution in [0.25, 0.3) is 5.69 Å². The second kappa shape index (κ2) is 5.62. The fraction of sp³-hybridized carbons (Fsp3) is 0.133. The zero-order chi connectivity index (χ0) is 14.7. The van der Waals surface area contributed by atoms with E-state index in [4.69, 9.17) is 4.42 Å². The smallest absolute Gasteiger partial charge is 0.255 e. The van der Waals surface area contributed by atoms with Gasteiger partial charge in [0.25, 0.3) is 5.91 Å². The molecule has 106 valence electrons. The summed E-state index contributed by atoms with van der Waals surface area (Å²) in [6.07, 6.45) is 6.03. The molecule has 3 rings (SSSR count). The molecule has 2 heterocycles. The Morgan fingerprint density at radius 1 is 1.29 bits per heavy atom. The van der Waals surface area contributed by atoms with Crippen LogP contribution in [0.1, 0.15) is 28.9 Å². The largest absolute Gasteiger partial charge is 0.472 e. The molecule has 6 nitrogen and oxygen atoms in total. The predicted molar refractivity (Wildman–Crippen MR) is 75.9 cm³/mol. The van der Waals surface area contributed by atoms with Crippen molar-refractivity contribution in [3.8, 4) is 5.69 Å². The molecule has 0 aliphatic rings. The van der Waals surface area contributed by atoms with Crippen LogP contribution < -0.4 is 5.32 Å². The number of nitrogens with zero attached hydrogens (tertiary/aromatic N) is 3. The molecule has 1 aromatic carbocycles. The molecule has 1 N–H and O–H groups in total. The topological polar surface area (TPSA) is 73.0 Å². The summed E-state index contributed by atoms with van der Waals surface area (Å²) in [4.78, 5) is 15.9. The summed E-state index contributed by atoms with van der Waals surface area (Å²) in [7, 11) is 0. The van der Waals surface area contributed by atoms with Crippen LogP contribution in [0.4, 0.5) is 0 Å². The van der Waals surface area contributed by atoms with Crippen LogP contribution in [0, 0.1) is 0 Å². The molecule has 0 bridgehead atoms.